The maximum atomic E-state index is 3.75. The number of rotatable bonds is 5. The lowest BCUT2D eigenvalue weighted by atomic mass is 9.84. The van der Waals surface area contributed by atoms with Crippen LogP contribution >= 0.6 is 0 Å². The van der Waals surface area contributed by atoms with Crippen LogP contribution in [0.15, 0.2) is 0 Å². The standard InChI is InChI=1S/C17H33N3/c1-19-11-4-6-15-14-20(13-9-17(15)19)12-5-10-18-16-7-2-3-8-16/h15-18H,2-14H2,1H3. The molecule has 1 saturated carbocycles. The van der Waals surface area contributed by atoms with Gasteiger partial charge in [-0.25, -0.2) is 0 Å². The Balaban J connectivity index is 1.32. The Kier molecular flexibility index (Phi) is 5.36. The monoisotopic (exact) mass is 279 g/mol. The van der Waals surface area contributed by atoms with Crippen LogP contribution in [0.4, 0.5) is 0 Å². The first-order valence-electron chi connectivity index (χ1n) is 8.99. The Morgan fingerprint density at radius 3 is 2.70 bits per heavy atom. The van der Waals surface area contributed by atoms with Crippen molar-refractivity contribution in [1.82, 2.24) is 15.1 Å². The molecule has 0 spiro atoms. The zero-order chi connectivity index (χ0) is 13.8. The number of hydrogen-bond donors (Lipinski definition) is 1. The van der Waals surface area contributed by atoms with E-state index in [9.17, 15) is 0 Å². The highest BCUT2D eigenvalue weighted by Crippen LogP contribution is 2.29. The molecule has 3 rings (SSSR count). The summed E-state index contributed by atoms with van der Waals surface area (Å²) in [6.45, 7) is 6.56. The van der Waals surface area contributed by atoms with Crippen molar-refractivity contribution in [2.45, 2.75) is 63.5 Å². The van der Waals surface area contributed by atoms with Gasteiger partial charge >= 0.3 is 0 Å². The summed E-state index contributed by atoms with van der Waals surface area (Å²) in [7, 11) is 2.33. The Labute approximate surface area is 125 Å². The van der Waals surface area contributed by atoms with Crippen molar-refractivity contribution in [2.24, 2.45) is 5.92 Å². The molecule has 2 aliphatic heterocycles. The number of fused-ring (bicyclic) bond motifs is 1. The molecule has 3 aliphatic rings. The zero-order valence-electron chi connectivity index (χ0n) is 13.3. The van der Waals surface area contributed by atoms with Crippen LogP contribution in [0.3, 0.4) is 0 Å². The predicted molar refractivity (Wildman–Crippen MR) is 85.1 cm³/mol. The minimum Gasteiger partial charge on any atom is -0.314 e. The maximum Gasteiger partial charge on any atom is 0.0145 e. The minimum absolute atomic E-state index is 0.840. The van der Waals surface area contributed by atoms with Crippen LogP contribution in [0, 0.1) is 5.92 Å². The van der Waals surface area contributed by atoms with E-state index < -0.39 is 0 Å². The molecule has 116 valence electrons. The van der Waals surface area contributed by atoms with E-state index in [0.717, 1.165) is 18.0 Å². The molecule has 0 radical (unpaired) electrons. The van der Waals surface area contributed by atoms with Crippen LogP contribution in [-0.4, -0.2) is 61.7 Å². The van der Waals surface area contributed by atoms with Crippen molar-refractivity contribution in [1.29, 1.82) is 0 Å². The Morgan fingerprint density at radius 2 is 1.85 bits per heavy atom. The van der Waals surface area contributed by atoms with E-state index in [4.69, 9.17) is 0 Å². The smallest absolute Gasteiger partial charge is 0.0145 e. The number of hydrogen-bond acceptors (Lipinski definition) is 3. The molecule has 2 unspecified atom stereocenters. The van der Waals surface area contributed by atoms with Crippen LogP contribution in [0.5, 0.6) is 0 Å². The van der Waals surface area contributed by atoms with Crippen LogP contribution in [0.1, 0.15) is 51.4 Å². The largest absolute Gasteiger partial charge is 0.314 e. The SMILES string of the molecule is CN1CCCC2CN(CCCNC3CCCC3)CCC21. The van der Waals surface area contributed by atoms with Gasteiger partial charge in [0.2, 0.25) is 0 Å². The average molecular weight is 279 g/mol. The van der Waals surface area contributed by atoms with Crippen LogP contribution in [0.2, 0.25) is 0 Å². The van der Waals surface area contributed by atoms with Crippen molar-refractivity contribution in [3.8, 4) is 0 Å². The van der Waals surface area contributed by atoms with Gasteiger partial charge in [0, 0.05) is 18.6 Å². The van der Waals surface area contributed by atoms with Gasteiger partial charge in [-0.1, -0.05) is 12.8 Å². The highest BCUT2D eigenvalue weighted by Gasteiger charge is 2.33. The van der Waals surface area contributed by atoms with Crippen LogP contribution < -0.4 is 5.32 Å². The van der Waals surface area contributed by atoms with E-state index in [2.05, 4.69) is 22.2 Å². The van der Waals surface area contributed by atoms with Gasteiger partial charge in [0.05, 0.1) is 0 Å². The molecule has 1 N–H and O–H groups in total. The van der Waals surface area contributed by atoms with E-state index in [1.54, 1.807) is 0 Å². The summed E-state index contributed by atoms with van der Waals surface area (Å²) in [4.78, 5) is 5.35. The van der Waals surface area contributed by atoms with Gasteiger partial charge in [-0.15, -0.1) is 0 Å². The molecule has 3 nitrogen and oxygen atoms in total. The highest BCUT2D eigenvalue weighted by molar-refractivity contribution is 4.89. The number of piperidine rings is 2. The molecule has 0 aromatic carbocycles. The summed E-state index contributed by atoms with van der Waals surface area (Å²) < 4.78 is 0. The molecule has 3 fully saturated rings. The Bertz CT molecular complexity index is 288. The predicted octanol–water partition coefficient (Wildman–Crippen LogP) is 2.32. The fraction of sp³-hybridized carbons (Fsp3) is 1.00. The summed E-state index contributed by atoms with van der Waals surface area (Å²) in [5, 5.41) is 3.75. The highest BCUT2D eigenvalue weighted by atomic mass is 15.2. The van der Waals surface area contributed by atoms with E-state index in [0.29, 0.717) is 0 Å². The van der Waals surface area contributed by atoms with E-state index in [-0.39, 0.29) is 0 Å². The van der Waals surface area contributed by atoms with Gasteiger partial charge in [0.25, 0.3) is 0 Å². The van der Waals surface area contributed by atoms with E-state index in [1.807, 2.05) is 0 Å². The maximum absolute atomic E-state index is 3.75. The first-order valence-corrected chi connectivity index (χ1v) is 8.99. The number of nitrogens with zero attached hydrogens (tertiary/aromatic N) is 2. The number of nitrogens with one attached hydrogen (secondary N) is 1. The molecular formula is C17H33N3. The fourth-order valence-electron chi connectivity index (χ4n) is 4.67. The Hall–Kier alpha value is -0.120. The Morgan fingerprint density at radius 1 is 1.00 bits per heavy atom. The average Bonchev–Trinajstić information content (AvgIpc) is 2.97. The summed E-state index contributed by atoms with van der Waals surface area (Å²) in [5.74, 6) is 0.949. The first kappa shape index (κ1) is 14.8. The normalized spacial score (nSPS) is 33.5. The summed E-state index contributed by atoms with van der Waals surface area (Å²) in [6, 6.07) is 1.73. The van der Waals surface area contributed by atoms with Gasteiger partial charge in [0.15, 0.2) is 0 Å². The summed E-state index contributed by atoms with van der Waals surface area (Å²) >= 11 is 0. The molecule has 0 aromatic rings. The third kappa shape index (κ3) is 3.75. The second kappa shape index (κ2) is 7.24. The zero-order valence-corrected chi connectivity index (χ0v) is 13.3. The molecule has 0 aromatic heterocycles. The molecule has 0 amide bonds. The minimum atomic E-state index is 0.840. The second-order valence-electron chi connectivity index (χ2n) is 7.33. The third-order valence-electron chi connectivity index (χ3n) is 5.87. The lowest BCUT2D eigenvalue weighted by molar-refractivity contribution is 0.0382. The van der Waals surface area contributed by atoms with Crippen molar-refractivity contribution < 1.29 is 0 Å². The van der Waals surface area contributed by atoms with Gasteiger partial charge < -0.3 is 15.1 Å². The van der Waals surface area contributed by atoms with Gasteiger partial charge in [-0.2, -0.15) is 0 Å². The van der Waals surface area contributed by atoms with E-state index in [1.165, 1.54) is 84.1 Å². The lowest BCUT2D eigenvalue weighted by Crippen LogP contribution is -2.52. The summed E-state index contributed by atoms with van der Waals surface area (Å²) in [5.41, 5.74) is 0. The quantitative estimate of drug-likeness (QED) is 0.779. The molecule has 2 atom stereocenters. The van der Waals surface area contributed by atoms with Crippen molar-refractivity contribution in [3.63, 3.8) is 0 Å². The topological polar surface area (TPSA) is 18.5 Å². The third-order valence-corrected chi connectivity index (χ3v) is 5.87. The molecule has 3 heteroatoms. The van der Waals surface area contributed by atoms with Gasteiger partial charge in [-0.3, -0.25) is 0 Å². The van der Waals surface area contributed by atoms with Gasteiger partial charge in [-0.05, 0) is 77.7 Å². The molecule has 20 heavy (non-hydrogen) atoms. The van der Waals surface area contributed by atoms with Gasteiger partial charge in [0.1, 0.15) is 0 Å². The van der Waals surface area contributed by atoms with Crippen LogP contribution in [-0.2, 0) is 0 Å². The van der Waals surface area contributed by atoms with Crippen LogP contribution in [0.25, 0.3) is 0 Å². The van der Waals surface area contributed by atoms with E-state index >= 15 is 0 Å². The molecule has 2 saturated heterocycles. The van der Waals surface area contributed by atoms with Crippen molar-refractivity contribution >= 4 is 0 Å². The summed E-state index contributed by atoms with van der Waals surface area (Å²) in [6.07, 6.45) is 11.3. The fourth-order valence-corrected chi connectivity index (χ4v) is 4.67. The van der Waals surface area contributed by atoms with Crippen molar-refractivity contribution in [3.05, 3.63) is 0 Å². The first-order chi connectivity index (χ1) is 9.83. The molecular weight excluding hydrogens is 246 g/mol. The lowest BCUT2D eigenvalue weighted by Gasteiger charge is -2.46. The molecule has 0 bridgehead atoms. The molecule has 2 heterocycles. The number of likely N-dealkylation sites (tertiary alicyclic amines) is 2. The second-order valence-corrected chi connectivity index (χ2v) is 7.33. The van der Waals surface area contributed by atoms with Crippen molar-refractivity contribution in [2.75, 3.05) is 39.8 Å². The molecule has 1 aliphatic carbocycles.